The zero-order valence-electron chi connectivity index (χ0n) is 11.0. The van der Waals surface area contributed by atoms with Crippen LogP contribution in [0.15, 0.2) is 16.6 Å². The zero-order chi connectivity index (χ0) is 13.0. The third kappa shape index (κ3) is 3.18. The molecule has 1 saturated carbocycles. The molecule has 4 heteroatoms. The van der Waals surface area contributed by atoms with E-state index in [1.807, 2.05) is 13.1 Å². The summed E-state index contributed by atoms with van der Waals surface area (Å²) < 4.78 is 12.3. The topological polar surface area (TPSA) is 30.5 Å². The second-order valence-electron chi connectivity index (χ2n) is 4.75. The molecule has 0 heterocycles. The zero-order valence-corrected chi connectivity index (χ0v) is 12.5. The average molecular weight is 314 g/mol. The molecule has 1 N–H and O–H groups in total. The van der Waals surface area contributed by atoms with Crippen molar-refractivity contribution in [2.45, 2.75) is 25.8 Å². The Morgan fingerprint density at radius 1 is 1.39 bits per heavy atom. The number of hydrogen-bond donors (Lipinski definition) is 1. The Bertz CT molecular complexity index is 405. The van der Waals surface area contributed by atoms with Crippen molar-refractivity contribution in [2.24, 2.45) is 5.92 Å². The first-order chi connectivity index (χ1) is 8.74. The second kappa shape index (κ2) is 6.43. The Kier molecular flexibility index (Phi) is 4.89. The fourth-order valence-corrected chi connectivity index (χ4v) is 2.68. The molecule has 0 radical (unpaired) electrons. The molecule has 1 aromatic rings. The van der Waals surface area contributed by atoms with Crippen LogP contribution in [0.2, 0.25) is 0 Å². The van der Waals surface area contributed by atoms with E-state index in [0.29, 0.717) is 0 Å². The Balaban J connectivity index is 2.11. The van der Waals surface area contributed by atoms with Crippen molar-refractivity contribution in [3.05, 3.63) is 22.2 Å². The van der Waals surface area contributed by atoms with Gasteiger partial charge in [-0.2, -0.15) is 0 Å². The van der Waals surface area contributed by atoms with Crippen molar-refractivity contribution in [1.82, 2.24) is 5.32 Å². The monoisotopic (exact) mass is 313 g/mol. The van der Waals surface area contributed by atoms with Crippen LogP contribution in [-0.2, 0) is 6.54 Å². The van der Waals surface area contributed by atoms with Crippen LogP contribution in [-0.4, -0.2) is 20.8 Å². The van der Waals surface area contributed by atoms with Gasteiger partial charge in [0, 0.05) is 6.54 Å². The van der Waals surface area contributed by atoms with Gasteiger partial charge in [0.05, 0.1) is 18.2 Å². The van der Waals surface area contributed by atoms with Gasteiger partial charge in [0.15, 0.2) is 11.5 Å². The first-order valence-electron chi connectivity index (χ1n) is 6.38. The third-order valence-corrected chi connectivity index (χ3v) is 3.95. The molecular formula is C14H20BrNO2. The maximum Gasteiger partial charge on any atom is 0.175 e. The highest BCUT2D eigenvalue weighted by Gasteiger charge is 2.20. The molecule has 1 aliphatic carbocycles. The minimum atomic E-state index is 0.721. The maximum absolute atomic E-state index is 5.90. The molecule has 0 atom stereocenters. The average Bonchev–Trinajstić information content (AvgIpc) is 2.29. The third-order valence-electron chi connectivity index (χ3n) is 3.36. The van der Waals surface area contributed by atoms with E-state index in [0.717, 1.165) is 35.0 Å². The molecular weight excluding hydrogens is 294 g/mol. The van der Waals surface area contributed by atoms with Gasteiger partial charge in [0.1, 0.15) is 0 Å². The summed E-state index contributed by atoms with van der Waals surface area (Å²) in [5, 5.41) is 3.13. The van der Waals surface area contributed by atoms with E-state index >= 15 is 0 Å². The molecule has 0 aliphatic heterocycles. The molecule has 18 heavy (non-hydrogen) atoms. The van der Waals surface area contributed by atoms with E-state index in [-0.39, 0.29) is 0 Å². The van der Waals surface area contributed by atoms with Gasteiger partial charge in [-0.25, -0.2) is 0 Å². The molecule has 0 unspecified atom stereocenters. The van der Waals surface area contributed by atoms with Crippen molar-refractivity contribution in [3.63, 3.8) is 0 Å². The smallest absolute Gasteiger partial charge is 0.175 e. The fourth-order valence-electron chi connectivity index (χ4n) is 2.08. The lowest BCUT2D eigenvalue weighted by Gasteiger charge is -2.26. The molecule has 1 aliphatic rings. The molecule has 3 nitrogen and oxygen atoms in total. The summed E-state index contributed by atoms with van der Waals surface area (Å²) in [6, 6.07) is 4.10. The molecule has 0 amide bonds. The highest BCUT2D eigenvalue weighted by atomic mass is 79.9. The van der Waals surface area contributed by atoms with E-state index in [2.05, 4.69) is 27.3 Å². The molecule has 0 saturated heterocycles. The van der Waals surface area contributed by atoms with Gasteiger partial charge in [-0.05, 0) is 59.4 Å². The van der Waals surface area contributed by atoms with Gasteiger partial charge in [-0.1, -0.05) is 6.42 Å². The highest BCUT2D eigenvalue weighted by Crippen LogP contribution is 2.38. The van der Waals surface area contributed by atoms with Crippen LogP contribution < -0.4 is 14.8 Å². The molecule has 2 rings (SSSR count). The summed E-state index contributed by atoms with van der Waals surface area (Å²) in [6.45, 7) is 1.61. The predicted octanol–water partition coefficient (Wildman–Crippen LogP) is 3.36. The normalized spacial score (nSPS) is 15.3. The van der Waals surface area contributed by atoms with Crippen LogP contribution in [0.4, 0.5) is 0 Å². The molecule has 0 bridgehead atoms. The van der Waals surface area contributed by atoms with Crippen molar-refractivity contribution in [1.29, 1.82) is 0 Å². The van der Waals surface area contributed by atoms with Gasteiger partial charge in [-0.3, -0.25) is 0 Å². The molecule has 1 aromatic carbocycles. The lowest BCUT2D eigenvalue weighted by Crippen LogP contribution is -2.19. The van der Waals surface area contributed by atoms with E-state index < -0.39 is 0 Å². The van der Waals surface area contributed by atoms with Gasteiger partial charge in [-0.15, -0.1) is 0 Å². The van der Waals surface area contributed by atoms with Crippen LogP contribution in [0.5, 0.6) is 11.5 Å². The standard InChI is InChI=1S/C14H20BrNO2/c1-16-8-11-6-12(15)14(13(7-11)17-2)18-9-10-4-3-5-10/h6-7,10,16H,3-5,8-9H2,1-2H3. The minimum Gasteiger partial charge on any atom is -0.493 e. The lowest BCUT2D eigenvalue weighted by atomic mass is 9.86. The Labute approximate surface area is 117 Å². The minimum absolute atomic E-state index is 0.721. The maximum atomic E-state index is 5.90. The number of methoxy groups -OCH3 is 1. The molecule has 1 fully saturated rings. The van der Waals surface area contributed by atoms with Gasteiger partial charge >= 0.3 is 0 Å². The molecule has 100 valence electrons. The first-order valence-corrected chi connectivity index (χ1v) is 7.17. The SMILES string of the molecule is CNCc1cc(Br)c(OCC2CCC2)c(OC)c1. The highest BCUT2D eigenvalue weighted by molar-refractivity contribution is 9.10. The van der Waals surface area contributed by atoms with Crippen molar-refractivity contribution in [3.8, 4) is 11.5 Å². The van der Waals surface area contributed by atoms with Crippen molar-refractivity contribution < 1.29 is 9.47 Å². The number of nitrogens with one attached hydrogen (secondary N) is 1. The summed E-state index contributed by atoms with van der Waals surface area (Å²) in [5.74, 6) is 2.34. The summed E-state index contributed by atoms with van der Waals surface area (Å²) >= 11 is 3.57. The summed E-state index contributed by atoms with van der Waals surface area (Å²) in [6.07, 6.45) is 3.92. The van der Waals surface area contributed by atoms with E-state index in [1.54, 1.807) is 7.11 Å². The van der Waals surface area contributed by atoms with Crippen LogP contribution in [0.25, 0.3) is 0 Å². The number of hydrogen-bond acceptors (Lipinski definition) is 3. The summed E-state index contributed by atoms with van der Waals surface area (Å²) in [5.41, 5.74) is 1.18. The number of ether oxygens (including phenoxy) is 2. The van der Waals surface area contributed by atoms with Crippen LogP contribution in [0.3, 0.4) is 0 Å². The van der Waals surface area contributed by atoms with Crippen LogP contribution in [0.1, 0.15) is 24.8 Å². The quantitative estimate of drug-likeness (QED) is 0.873. The van der Waals surface area contributed by atoms with E-state index in [9.17, 15) is 0 Å². The van der Waals surface area contributed by atoms with Crippen LogP contribution in [0, 0.1) is 5.92 Å². The van der Waals surface area contributed by atoms with Crippen LogP contribution >= 0.6 is 15.9 Å². The van der Waals surface area contributed by atoms with Crippen molar-refractivity contribution >= 4 is 15.9 Å². The first kappa shape index (κ1) is 13.7. The van der Waals surface area contributed by atoms with Crippen molar-refractivity contribution in [2.75, 3.05) is 20.8 Å². The fraction of sp³-hybridized carbons (Fsp3) is 0.571. The summed E-state index contributed by atoms with van der Waals surface area (Å²) in [7, 11) is 3.61. The Hall–Kier alpha value is -0.740. The number of benzene rings is 1. The predicted molar refractivity (Wildman–Crippen MR) is 76.3 cm³/mol. The van der Waals surface area contributed by atoms with Gasteiger partial charge < -0.3 is 14.8 Å². The molecule has 0 spiro atoms. The van der Waals surface area contributed by atoms with Gasteiger partial charge in [0.25, 0.3) is 0 Å². The number of rotatable bonds is 6. The number of halogens is 1. The van der Waals surface area contributed by atoms with E-state index in [4.69, 9.17) is 9.47 Å². The summed E-state index contributed by atoms with van der Waals surface area (Å²) in [4.78, 5) is 0. The van der Waals surface area contributed by atoms with E-state index in [1.165, 1.54) is 24.8 Å². The van der Waals surface area contributed by atoms with Gasteiger partial charge in [0.2, 0.25) is 0 Å². The second-order valence-corrected chi connectivity index (χ2v) is 5.60. The largest absolute Gasteiger partial charge is 0.493 e. The lowest BCUT2D eigenvalue weighted by molar-refractivity contribution is 0.175. The Morgan fingerprint density at radius 3 is 2.72 bits per heavy atom. The Morgan fingerprint density at radius 2 is 2.17 bits per heavy atom. The molecule has 0 aromatic heterocycles.